The zero-order valence-corrected chi connectivity index (χ0v) is 10.9. The summed E-state index contributed by atoms with van der Waals surface area (Å²) in [4.78, 5) is 5.20. The lowest BCUT2D eigenvalue weighted by Crippen LogP contribution is -1.80. The van der Waals surface area contributed by atoms with Crippen LogP contribution in [0.3, 0.4) is 0 Å². The van der Waals surface area contributed by atoms with E-state index in [9.17, 15) is 5.11 Å². The van der Waals surface area contributed by atoms with Gasteiger partial charge in [-0.3, -0.25) is 0 Å². The van der Waals surface area contributed by atoms with E-state index in [-0.39, 0.29) is 5.75 Å². The molecule has 0 aliphatic heterocycles. The summed E-state index contributed by atoms with van der Waals surface area (Å²) >= 11 is 1.41. The average molecular weight is 273 g/mol. The molecule has 0 unspecified atom stereocenters. The Morgan fingerprint density at radius 2 is 2.16 bits per heavy atom. The topological polar surface area (TPSA) is 85.2 Å². The molecule has 0 spiro atoms. The Kier molecular flexibility index (Phi) is 2.72. The Bertz CT molecular complexity index is 733. The molecule has 19 heavy (non-hydrogen) atoms. The number of aromatic nitrogens is 2. The van der Waals surface area contributed by atoms with Crippen molar-refractivity contribution in [2.45, 2.75) is 6.92 Å². The highest BCUT2D eigenvalue weighted by molar-refractivity contribution is 7.19. The van der Waals surface area contributed by atoms with Crippen molar-refractivity contribution in [3.63, 3.8) is 0 Å². The number of nitrogen functional groups attached to an aromatic ring is 1. The van der Waals surface area contributed by atoms with Gasteiger partial charge in [0, 0.05) is 5.56 Å². The SMILES string of the molecule is Cc1cc(N)sc1-c1nc(-c2cccc(O)c2)no1. The van der Waals surface area contributed by atoms with E-state index < -0.39 is 0 Å². The van der Waals surface area contributed by atoms with Crippen LogP contribution in [0.25, 0.3) is 22.2 Å². The molecule has 0 radical (unpaired) electrons. The number of rotatable bonds is 2. The highest BCUT2D eigenvalue weighted by atomic mass is 32.1. The number of phenolic OH excluding ortho intramolecular Hbond substituents is 1. The Morgan fingerprint density at radius 3 is 2.84 bits per heavy atom. The lowest BCUT2D eigenvalue weighted by Gasteiger charge is -1.94. The van der Waals surface area contributed by atoms with Crippen molar-refractivity contribution in [1.82, 2.24) is 10.1 Å². The predicted octanol–water partition coefficient (Wildman–Crippen LogP) is 3.06. The molecule has 2 aromatic heterocycles. The fourth-order valence-electron chi connectivity index (χ4n) is 1.80. The molecule has 3 rings (SSSR count). The van der Waals surface area contributed by atoms with Gasteiger partial charge in [0.25, 0.3) is 5.89 Å². The summed E-state index contributed by atoms with van der Waals surface area (Å²) in [6.45, 7) is 1.94. The number of hydrogen-bond donors (Lipinski definition) is 2. The van der Waals surface area contributed by atoms with Gasteiger partial charge in [0.1, 0.15) is 5.75 Å². The third-order valence-electron chi connectivity index (χ3n) is 2.66. The number of hydrogen-bond acceptors (Lipinski definition) is 6. The lowest BCUT2D eigenvalue weighted by atomic mass is 10.2. The lowest BCUT2D eigenvalue weighted by molar-refractivity contribution is 0.433. The molecule has 0 saturated heterocycles. The number of benzene rings is 1. The van der Waals surface area contributed by atoms with E-state index in [1.54, 1.807) is 18.2 Å². The largest absolute Gasteiger partial charge is 0.508 e. The van der Waals surface area contributed by atoms with Crippen molar-refractivity contribution < 1.29 is 9.63 Å². The first kappa shape index (κ1) is 11.7. The van der Waals surface area contributed by atoms with Gasteiger partial charge in [-0.25, -0.2) is 0 Å². The maximum Gasteiger partial charge on any atom is 0.268 e. The standard InChI is InChI=1S/C13H11N3O2S/c1-7-5-10(14)19-11(7)13-15-12(16-18-13)8-3-2-4-9(17)6-8/h2-6,17H,14H2,1H3. The van der Waals surface area contributed by atoms with E-state index in [2.05, 4.69) is 10.1 Å². The van der Waals surface area contributed by atoms with E-state index in [0.717, 1.165) is 10.4 Å². The number of anilines is 1. The van der Waals surface area contributed by atoms with E-state index in [1.807, 2.05) is 19.1 Å². The van der Waals surface area contributed by atoms with Gasteiger partial charge in [0.05, 0.1) is 9.88 Å². The number of nitrogens with two attached hydrogens (primary N) is 1. The van der Waals surface area contributed by atoms with Gasteiger partial charge in [0.15, 0.2) is 0 Å². The van der Waals surface area contributed by atoms with E-state index in [1.165, 1.54) is 11.3 Å². The van der Waals surface area contributed by atoms with Crippen LogP contribution >= 0.6 is 11.3 Å². The van der Waals surface area contributed by atoms with Crippen LogP contribution < -0.4 is 5.73 Å². The van der Waals surface area contributed by atoms with Crippen molar-refractivity contribution >= 4 is 16.3 Å². The Labute approximate surface area is 113 Å². The number of nitrogens with zero attached hydrogens (tertiary/aromatic N) is 2. The van der Waals surface area contributed by atoms with Gasteiger partial charge >= 0.3 is 0 Å². The van der Waals surface area contributed by atoms with Gasteiger partial charge < -0.3 is 15.4 Å². The Balaban J connectivity index is 2.02. The quantitative estimate of drug-likeness (QED) is 0.749. The molecule has 3 aromatic rings. The first-order chi connectivity index (χ1) is 9.13. The van der Waals surface area contributed by atoms with Crippen LogP contribution in [0, 0.1) is 6.92 Å². The van der Waals surface area contributed by atoms with Gasteiger partial charge in [-0.2, -0.15) is 4.98 Å². The average Bonchev–Trinajstić information content (AvgIpc) is 2.96. The summed E-state index contributed by atoms with van der Waals surface area (Å²) in [5.41, 5.74) is 7.46. The molecular weight excluding hydrogens is 262 g/mol. The van der Waals surface area contributed by atoms with Crippen LogP contribution in [0.5, 0.6) is 5.75 Å². The van der Waals surface area contributed by atoms with Gasteiger partial charge in [-0.05, 0) is 30.7 Å². The number of phenols is 1. The second kappa shape index (κ2) is 4.40. The summed E-state index contributed by atoms with van der Waals surface area (Å²) in [5, 5.41) is 14.1. The van der Waals surface area contributed by atoms with Crippen LogP contribution in [0.4, 0.5) is 5.00 Å². The monoisotopic (exact) mass is 273 g/mol. The first-order valence-electron chi connectivity index (χ1n) is 5.63. The third kappa shape index (κ3) is 2.17. The van der Waals surface area contributed by atoms with Gasteiger partial charge in [0.2, 0.25) is 5.82 Å². The number of aryl methyl sites for hydroxylation is 1. The highest BCUT2D eigenvalue weighted by Gasteiger charge is 2.15. The molecule has 6 heteroatoms. The molecule has 0 amide bonds. The van der Waals surface area contributed by atoms with E-state index in [4.69, 9.17) is 10.3 Å². The van der Waals surface area contributed by atoms with Crippen molar-refractivity contribution in [2.24, 2.45) is 0 Å². The highest BCUT2D eigenvalue weighted by Crippen LogP contribution is 2.33. The maximum absolute atomic E-state index is 9.45. The molecule has 1 aromatic carbocycles. The zero-order chi connectivity index (χ0) is 13.4. The fourth-order valence-corrected chi connectivity index (χ4v) is 2.66. The summed E-state index contributed by atoms with van der Waals surface area (Å²) < 4.78 is 5.25. The van der Waals surface area contributed by atoms with Gasteiger partial charge in [-0.15, -0.1) is 11.3 Å². The molecule has 0 atom stereocenters. The minimum atomic E-state index is 0.167. The van der Waals surface area contributed by atoms with Crippen LogP contribution in [0.2, 0.25) is 0 Å². The molecular formula is C13H11N3O2S. The van der Waals surface area contributed by atoms with Crippen LogP contribution in [-0.4, -0.2) is 15.2 Å². The minimum Gasteiger partial charge on any atom is -0.508 e. The fraction of sp³-hybridized carbons (Fsp3) is 0.0769. The normalized spacial score (nSPS) is 10.8. The molecule has 0 bridgehead atoms. The molecule has 2 heterocycles. The molecule has 5 nitrogen and oxygen atoms in total. The van der Waals surface area contributed by atoms with Crippen molar-refractivity contribution in [3.8, 4) is 27.9 Å². The number of aromatic hydroxyl groups is 1. The van der Waals surface area contributed by atoms with E-state index in [0.29, 0.717) is 22.3 Å². The number of thiophene rings is 1. The molecule has 0 aliphatic rings. The summed E-state index contributed by atoms with van der Waals surface area (Å²) in [6.07, 6.45) is 0. The molecule has 96 valence electrons. The molecule has 0 saturated carbocycles. The second-order valence-electron chi connectivity index (χ2n) is 4.13. The van der Waals surface area contributed by atoms with Crippen molar-refractivity contribution in [3.05, 3.63) is 35.9 Å². The Morgan fingerprint density at radius 1 is 1.32 bits per heavy atom. The summed E-state index contributed by atoms with van der Waals surface area (Å²) in [7, 11) is 0. The molecule has 0 aliphatic carbocycles. The second-order valence-corrected chi connectivity index (χ2v) is 5.22. The minimum absolute atomic E-state index is 0.167. The third-order valence-corrected chi connectivity index (χ3v) is 3.72. The Hall–Kier alpha value is -2.34. The van der Waals surface area contributed by atoms with Crippen molar-refractivity contribution in [1.29, 1.82) is 0 Å². The van der Waals surface area contributed by atoms with Gasteiger partial charge in [-0.1, -0.05) is 17.3 Å². The van der Waals surface area contributed by atoms with E-state index >= 15 is 0 Å². The summed E-state index contributed by atoms with van der Waals surface area (Å²) in [5.74, 6) is 1.05. The molecule has 0 fully saturated rings. The smallest absolute Gasteiger partial charge is 0.268 e. The molecule has 3 N–H and O–H groups in total. The zero-order valence-electron chi connectivity index (χ0n) is 10.1. The van der Waals surface area contributed by atoms with Crippen molar-refractivity contribution in [2.75, 3.05) is 5.73 Å². The van der Waals surface area contributed by atoms with Crippen LogP contribution in [0.15, 0.2) is 34.9 Å². The summed E-state index contributed by atoms with van der Waals surface area (Å²) in [6, 6.07) is 8.59. The maximum atomic E-state index is 9.45. The predicted molar refractivity (Wildman–Crippen MR) is 73.9 cm³/mol. The first-order valence-corrected chi connectivity index (χ1v) is 6.44. The van der Waals surface area contributed by atoms with Crippen LogP contribution in [0.1, 0.15) is 5.56 Å². The van der Waals surface area contributed by atoms with Crippen LogP contribution in [-0.2, 0) is 0 Å².